The number of nitrogens with zero attached hydrogens (tertiary/aromatic N) is 1. The van der Waals surface area contributed by atoms with Crippen molar-refractivity contribution in [3.8, 4) is 0 Å². The molecule has 1 aromatic rings. The van der Waals surface area contributed by atoms with Gasteiger partial charge in [-0.15, -0.1) is 0 Å². The number of ether oxygens (including phenoxy) is 1. The molecule has 1 aromatic carbocycles. The number of likely N-dealkylation sites (N-methyl/N-ethyl adjacent to an activating group) is 1. The van der Waals surface area contributed by atoms with Crippen LogP contribution in [0.3, 0.4) is 0 Å². The van der Waals surface area contributed by atoms with E-state index < -0.39 is 0 Å². The largest absolute Gasteiger partial charge is 0.371 e. The summed E-state index contributed by atoms with van der Waals surface area (Å²) in [4.78, 5) is 2.43. The van der Waals surface area contributed by atoms with E-state index in [4.69, 9.17) is 4.74 Å². The molecule has 76 valence electrons. The summed E-state index contributed by atoms with van der Waals surface area (Å²) in [5.41, 5.74) is 1.30. The van der Waals surface area contributed by atoms with Crippen molar-refractivity contribution in [3.05, 3.63) is 35.9 Å². The number of hydrogen-bond acceptors (Lipinski definition) is 2. The predicted molar refractivity (Wildman–Crippen MR) is 57.2 cm³/mol. The van der Waals surface area contributed by atoms with Gasteiger partial charge in [-0.05, 0) is 12.1 Å². The van der Waals surface area contributed by atoms with Crippen LogP contribution in [0.25, 0.3) is 0 Å². The first-order valence-electron chi connectivity index (χ1n) is 5.29. The minimum atomic E-state index is 0.268. The van der Waals surface area contributed by atoms with Gasteiger partial charge in [0, 0.05) is 13.1 Å². The third-order valence-corrected chi connectivity index (χ3v) is 2.77. The Labute approximate surface area is 85.5 Å². The summed E-state index contributed by atoms with van der Waals surface area (Å²) in [5.74, 6) is 0. The molecule has 0 amide bonds. The maximum atomic E-state index is 5.75. The Balaban J connectivity index is 2.04. The van der Waals surface area contributed by atoms with Gasteiger partial charge in [-0.25, -0.2) is 0 Å². The van der Waals surface area contributed by atoms with Crippen molar-refractivity contribution in [1.29, 1.82) is 0 Å². The molecule has 2 nitrogen and oxygen atoms in total. The lowest BCUT2D eigenvalue weighted by atomic mass is 10.1. The fourth-order valence-corrected chi connectivity index (χ4v) is 1.86. The molecule has 0 radical (unpaired) electrons. The SMILES string of the molecule is CCN1CCOC(c2ccccc2)C1. The van der Waals surface area contributed by atoms with E-state index in [1.165, 1.54) is 5.56 Å². The van der Waals surface area contributed by atoms with Crippen molar-refractivity contribution in [1.82, 2.24) is 4.90 Å². The molecule has 0 N–H and O–H groups in total. The Bertz CT molecular complexity index is 273. The lowest BCUT2D eigenvalue weighted by Crippen LogP contribution is -2.37. The fraction of sp³-hybridized carbons (Fsp3) is 0.500. The minimum Gasteiger partial charge on any atom is -0.371 e. The van der Waals surface area contributed by atoms with E-state index in [0.29, 0.717) is 0 Å². The molecular formula is C12H17NO. The quantitative estimate of drug-likeness (QED) is 0.709. The monoisotopic (exact) mass is 191 g/mol. The highest BCUT2D eigenvalue weighted by Crippen LogP contribution is 2.21. The van der Waals surface area contributed by atoms with Gasteiger partial charge in [0.2, 0.25) is 0 Å². The molecule has 0 aromatic heterocycles. The molecule has 1 aliphatic heterocycles. The van der Waals surface area contributed by atoms with Crippen LogP contribution in [-0.2, 0) is 4.74 Å². The number of morpholine rings is 1. The third kappa shape index (κ3) is 2.14. The van der Waals surface area contributed by atoms with Gasteiger partial charge in [-0.2, -0.15) is 0 Å². The van der Waals surface area contributed by atoms with Crippen molar-refractivity contribution >= 4 is 0 Å². The maximum Gasteiger partial charge on any atom is 0.0952 e. The standard InChI is InChI=1S/C12H17NO/c1-2-13-8-9-14-12(10-13)11-6-4-3-5-7-11/h3-7,12H,2,8-10H2,1H3. The summed E-state index contributed by atoms with van der Waals surface area (Å²) >= 11 is 0. The van der Waals surface area contributed by atoms with E-state index in [0.717, 1.165) is 26.2 Å². The highest BCUT2D eigenvalue weighted by Gasteiger charge is 2.20. The fourth-order valence-electron chi connectivity index (χ4n) is 1.86. The Kier molecular flexibility index (Phi) is 3.17. The lowest BCUT2D eigenvalue weighted by molar-refractivity contribution is -0.0281. The lowest BCUT2D eigenvalue weighted by Gasteiger charge is -2.32. The van der Waals surface area contributed by atoms with Gasteiger partial charge >= 0.3 is 0 Å². The Morgan fingerprint density at radius 1 is 1.36 bits per heavy atom. The zero-order valence-corrected chi connectivity index (χ0v) is 8.65. The first-order chi connectivity index (χ1) is 6.90. The summed E-state index contributed by atoms with van der Waals surface area (Å²) in [6.45, 7) is 6.27. The predicted octanol–water partition coefficient (Wildman–Crippen LogP) is 2.08. The second kappa shape index (κ2) is 4.58. The van der Waals surface area contributed by atoms with Crippen LogP contribution >= 0.6 is 0 Å². The van der Waals surface area contributed by atoms with E-state index in [-0.39, 0.29) is 6.10 Å². The summed E-state index contributed by atoms with van der Waals surface area (Å²) in [7, 11) is 0. The smallest absolute Gasteiger partial charge is 0.0952 e. The van der Waals surface area contributed by atoms with E-state index >= 15 is 0 Å². The van der Waals surface area contributed by atoms with E-state index in [1.54, 1.807) is 0 Å². The molecular weight excluding hydrogens is 174 g/mol. The number of rotatable bonds is 2. The molecule has 0 aliphatic carbocycles. The summed E-state index contributed by atoms with van der Waals surface area (Å²) in [6.07, 6.45) is 0.268. The zero-order valence-electron chi connectivity index (χ0n) is 8.65. The Morgan fingerprint density at radius 2 is 2.14 bits per heavy atom. The molecule has 1 atom stereocenters. The van der Waals surface area contributed by atoms with Gasteiger partial charge in [-0.1, -0.05) is 37.3 Å². The molecule has 0 saturated carbocycles. The molecule has 1 heterocycles. The van der Waals surface area contributed by atoms with Crippen molar-refractivity contribution in [2.24, 2.45) is 0 Å². The van der Waals surface area contributed by atoms with Crippen LogP contribution in [0.2, 0.25) is 0 Å². The van der Waals surface area contributed by atoms with Crippen LogP contribution in [0.4, 0.5) is 0 Å². The first-order valence-corrected chi connectivity index (χ1v) is 5.29. The van der Waals surface area contributed by atoms with Crippen LogP contribution in [0.1, 0.15) is 18.6 Å². The van der Waals surface area contributed by atoms with Gasteiger partial charge in [0.15, 0.2) is 0 Å². The average molecular weight is 191 g/mol. The van der Waals surface area contributed by atoms with Gasteiger partial charge < -0.3 is 4.74 Å². The molecule has 1 aliphatic rings. The first kappa shape index (κ1) is 9.69. The Morgan fingerprint density at radius 3 is 2.86 bits per heavy atom. The van der Waals surface area contributed by atoms with Crippen LogP contribution in [0.15, 0.2) is 30.3 Å². The normalized spacial score (nSPS) is 23.6. The minimum absolute atomic E-state index is 0.268. The number of hydrogen-bond donors (Lipinski definition) is 0. The maximum absolute atomic E-state index is 5.75. The third-order valence-electron chi connectivity index (χ3n) is 2.77. The van der Waals surface area contributed by atoms with E-state index in [1.807, 2.05) is 6.07 Å². The summed E-state index contributed by atoms with van der Waals surface area (Å²) in [5, 5.41) is 0. The van der Waals surface area contributed by atoms with Crippen LogP contribution in [0.5, 0.6) is 0 Å². The molecule has 2 rings (SSSR count). The van der Waals surface area contributed by atoms with Crippen molar-refractivity contribution in [2.75, 3.05) is 26.2 Å². The van der Waals surface area contributed by atoms with Crippen molar-refractivity contribution in [3.63, 3.8) is 0 Å². The van der Waals surface area contributed by atoms with E-state index in [2.05, 4.69) is 36.1 Å². The van der Waals surface area contributed by atoms with E-state index in [9.17, 15) is 0 Å². The second-order valence-corrected chi connectivity index (χ2v) is 3.66. The van der Waals surface area contributed by atoms with Crippen molar-refractivity contribution < 1.29 is 4.74 Å². The molecule has 1 unspecified atom stereocenters. The average Bonchev–Trinajstić information content (AvgIpc) is 2.30. The molecule has 0 bridgehead atoms. The second-order valence-electron chi connectivity index (χ2n) is 3.66. The molecule has 1 fully saturated rings. The van der Waals surface area contributed by atoms with Crippen LogP contribution in [-0.4, -0.2) is 31.1 Å². The Hall–Kier alpha value is -0.860. The van der Waals surface area contributed by atoms with Gasteiger partial charge in [0.1, 0.15) is 0 Å². The molecule has 0 spiro atoms. The van der Waals surface area contributed by atoms with Crippen LogP contribution < -0.4 is 0 Å². The van der Waals surface area contributed by atoms with Crippen LogP contribution in [0, 0.1) is 0 Å². The summed E-state index contributed by atoms with van der Waals surface area (Å²) < 4.78 is 5.75. The molecule has 14 heavy (non-hydrogen) atoms. The van der Waals surface area contributed by atoms with Gasteiger partial charge in [0.05, 0.1) is 12.7 Å². The van der Waals surface area contributed by atoms with Crippen molar-refractivity contribution in [2.45, 2.75) is 13.0 Å². The molecule has 1 saturated heterocycles. The molecule has 2 heteroatoms. The summed E-state index contributed by atoms with van der Waals surface area (Å²) in [6, 6.07) is 10.5. The number of benzene rings is 1. The zero-order chi connectivity index (χ0) is 9.80. The topological polar surface area (TPSA) is 12.5 Å². The highest BCUT2D eigenvalue weighted by molar-refractivity contribution is 5.18. The highest BCUT2D eigenvalue weighted by atomic mass is 16.5. The van der Waals surface area contributed by atoms with Gasteiger partial charge in [-0.3, -0.25) is 4.90 Å². The van der Waals surface area contributed by atoms with Gasteiger partial charge in [0.25, 0.3) is 0 Å².